The standard InChI is InChI=1S/C16H16O3/c1-3-12-5-4-6-13(10-12)19-15-8-7-11(2)9-14(15)16(17)18/h4-10H,3H2,1-2H3,(H,17,18). The zero-order chi connectivity index (χ0) is 13.8. The largest absolute Gasteiger partial charge is 0.478 e. The summed E-state index contributed by atoms with van der Waals surface area (Å²) in [5.74, 6) is 0.0439. The lowest BCUT2D eigenvalue weighted by molar-refractivity contribution is 0.0694. The van der Waals surface area contributed by atoms with Crippen molar-refractivity contribution in [2.75, 3.05) is 0 Å². The number of carboxylic acids is 1. The molecule has 0 radical (unpaired) electrons. The minimum absolute atomic E-state index is 0.182. The highest BCUT2D eigenvalue weighted by atomic mass is 16.5. The van der Waals surface area contributed by atoms with Crippen molar-refractivity contribution in [1.29, 1.82) is 0 Å². The van der Waals surface area contributed by atoms with Crippen molar-refractivity contribution in [3.05, 3.63) is 59.2 Å². The van der Waals surface area contributed by atoms with Crippen LogP contribution in [0.15, 0.2) is 42.5 Å². The first-order valence-electron chi connectivity index (χ1n) is 6.21. The smallest absolute Gasteiger partial charge is 0.339 e. The number of rotatable bonds is 4. The fourth-order valence-electron chi connectivity index (χ4n) is 1.86. The number of ether oxygens (including phenoxy) is 1. The second-order valence-corrected chi connectivity index (χ2v) is 4.41. The van der Waals surface area contributed by atoms with Gasteiger partial charge in [0.05, 0.1) is 0 Å². The highest BCUT2D eigenvalue weighted by Gasteiger charge is 2.12. The second kappa shape index (κ2) is 5.57. The van der Waals surface area contributed by atoms with E-state index in [2.05, 4.69) is 6.92 Å². The molecule has 0 heterocycles. The van der Waals surface area contributed by atoms with E-state index < -0.39 is 5.97 Å². The Bertz CT molecular complexity index is 603. The van der Waals surface area contributed by atoms with Gasteiger partial charge in [0.1, 0.15) is 17.1 Å². The molecule has 0 fully saturated rings. The van der Waals surface area contributed by atoms with E-state index in [-0.39, 0.29) is 5.56 Å². The summed E-state index contributed by atoms with van der Waals surface area (Å²) < 4.78 is 5.69. The van der Waals surface area contributed by atoms with Crippen molar-refractivity contribution in [1.82, 2.24) is 0 Å². The van der Waals surface area contributed by atoms with Crippen molar-refractivity contribution in [2.24, 2.45) is 0 Å². The molecule has 0 aliphatic heterocycles. The number of aromatic carboxylic acids is 1. The molecule has 2 aromatic rings. The van der Waals surface area contributed by atoms with Crippen LogP contribution in [0.4, 0.5) is 0 Å². The second-order valence-electron chi connectivity index (χ2n) is 4.41. The number of hydrogen-bond acceptors (Lipinski definition) is 2. The topological polar surface area (TPSA) is 46.5 Å². The summed E-state index contributed by atoms with van der Waals surface area (Å²) in [6.45, 7) is 3.92. The first-order valence-corrected chi connectivity index (χ1v) is 6.21. The Morgan fingerprint density at radius 2 is 2.00 bits per heavy atom. The normalized spacial score (nSPS) is 10.2. The third-order valence-electron chi connectivity index (χ3n) is 2.90. The number of hydrogen-bond donors (Lipinski definition) is 1. The van der Waals surface area contributed by atoms with Gasteiger partial charge >= 0.3 is 5.97 Å². The molecule has 0 amide bonds. The quantitative estimate of drug-likeness (QED) is 0.897. The van der Waals surface area contributed by atoms with Crippen LogP contribution in [0.25, 0.3) is 0 Å². The third kappa shape index (κ3) is 3.13. The van der Waals surface area contributed by atoms with Crippen LogP contribution in [-0.2, 0) is 6.42 Å². The van der Waals surface area contributed by atoms with Crippen LogP contribution in [0, 0.1) is 6.92 Å². The van der Waals surface area contributed by atoms with Crippen LogP contribution < -0.4 is 4.74 Å². The minimum Gasteiger partial charge on any atom is -0.478 e. The van der Waals surface area contributed by atoms with Gasteiger partial charge in [-0.1, -0.05) is 30.7 Å². The predicted molar refractivity (Wildman–Crippen MR) is 74.0 cm³/mol. The highest BCUT2D eigenvalue weighted by molar-refractivity contribution is 5.91. The van der Waals surface area contributed by atoms with Crippen LogP contribution in [0.5, 0.6) is 11.5 Å². The van der Waals surface area contributed by atoms with E-state index in [9.17, 15) is 9.90 Å². The Morgan fingerprint density at radius 3 is 2.68 bits per heavy atom. The number of carbonyl (C=O) groups is 1. The molecule has 3 heteroatoms. The van der Waals surface area contributed by atoms with Gasteiger partial charge in [-0.15, -0.1) is 0 Å². The average Bonchev–Trinajstić information content (AvgIpc) is 2.41. The number of carboxylic acid groups (broad SMARTS) is 1. The van der Waals surface area contributed by atoms with Gasteiger partial charge < -0.3 is 9.84 Å². The molecule has 0 aliphatic rings. The molecule has 98 valence electrons. The van der Waals surface area contributed by atoms with Gasteiger partial charge in [0.25, 0.3) is 0 Å². The Morgan fingerprint density at radius 1 is 1.21 bits per heavy atom. The molecule has 2 rings (SSSR count). The van der Waals surface area contributed by atoms with Crippen molar-refractivity contribution in [2.45, 2.75) is 20.3 Å². The Labute approximate surface area is 112 Å². The zero-order valence-corrected chi connectivity index (χ0v) is 11.0. The maximum absolute atomic E-state index is 11.2. The molecular formula is C16H16O3. The van der Waals surface area contributed by atoms with Crippen molar-refractivity contribution >= 4 is 5.97 Å². The lowest BCUT2D eigenvalue weighted by atomic mass is 10.1. The number of aryl methyl sites for hydroxylation is 2. The van der Waals surface area contributed by atoms with Crippen LogP contribution >= 0.6 is 0 Å². The van der Waals surface area contributed by atoms with Gasteiger partial charge in [0.2, 0.25) is 0 Å². The SMILES string of the molecule is CCc1cccc(Oc2ccc(C)cc2C(=O)O)c1. The molecule has 3 nitrogen and oxygen atoms in total. The summed E-state index contributed by atoms with van der Waals surface area (Å²) in [5, 5.41) is 9.19. The Kier molecular flexibility index (Phi) is 3.85. The molecule has 0 saturated carbocycles. The van der Waals surface area contributed by atoms with E-state index in [0.29, 0.717) is 11.5 Å². The molecule has 0 atom stereocenters. The van der Waals surface area contributed by atoms with Gasteiger partial charge in [0, 0.05) is 0 Å². The molecule has 0 aromatic heterocycles. The van der Waals surface area contributed by atoms with E-state index in [1.165, 1.54) is 0 Å². The predicted octanol–water partition coefficient (Wildman–Crippen LogP) is 4.05. The van der Waals surface area contributed by atoms with Gasteiger partial charge in [-0.2, -0.15) is 0 Å². The molecular weight excluding hydrogens is 240 g/mol. The van der Waals surface area contributed by atoms with Crippen LogP contribution in [0.2, 0.25) is 0 Å². The van der Waals surface area contributed by atoms with Gasteiger partial charge in [-0.3, -0.25) is 0 Å². The molecule has 0 spiro atoms. The molecule has 19 heavy (non-hydrogen) atoms. The molecule has 2 aromatic carbocycles. The third-order valence-corrected chi connectivity index (χ3v) is 2.90. The molecule has 0 bridgehead atoms. The summed E-state index contributed by atoms with van der Waals surface area (Å²) in [6, 6.07) is 12.8. The lowest BCUT2D eigenvalue weighted by Crippen LogP contribution is -2.00. The lowest BCUT2D eigenvalue weighted by Gasteiger charge is -2.10. The van der Waals surface area contributed by atoms with E-state index in [1.54, 1.807) is 12.1 Å². The summed E-state index contributed by atoms with van der Waals surface area (Å²) in [5.41, 5.74) is 2.23. The average molecular weight is 256 g/mol. The minimum atomic E-state index is -0.981. The van der Waals surface area contributed by atoms with E-state index in [4.69, 9.17) is 4.74 Å². The van der Waals surface area contributed by atoms with Gasteiger partial charge in [-0.05, 0) is 43.2 Å². The summed E-state index contributed by atoms with van der Waals surface area (Å²) in [7, 11) is 0. The zero-order valence-electron chi connectivity index (χ0n) is 11.0. The first kappa shape index (κ1) is 13.1. The molecule has 0 unspecified atom stereocenters. The van der Waals surface area contributed by atoms with Gasteiger partial charge in [0.15, 0.2) is 0 Å². The van der Waals surface area contributed by atoms with Crippen LogP contribution in [0.3, 0.4) is 0 Å². The monoisotopic (exact) mass is 256 g/mol. The van der Waals surface area contributed by atoms with Gasteiger partial charge in [-0.25, -0.2) is 4.79 Å². The Hall–Kier alpha value is -2.29. The molecule has 0 saturated heterocycles. The van der Waals surface area contributed by atoms with Crippen molar-refractivity contribution in [3.63, 3.8) is 0 Å². The maximum Gasteiger partial charge on any atom is 0.339 e. The van der Waals surface area contributed by atoms with Crippen molar-refractivity contribution < 1.29 is 14.6 Å². The fourth-order valence-corrected chi connectivity index (χ4v) is 1.86. The molecule has 0 aliphatic carbocycles. The maximum atomic E-state index is 11.2. The number of benzene rings is 2. The van der Waals surface area contributed by atoms with E-state index in [1.807, 2.05) is 37.3 Å². The highest BCUT2D eigenvalue weighted by Crippen LogP contribution is 2.27. The Balaban J connectivity index is 2.34. The fraction of sp³-hybridized carbons (Fsp3) is 0.188. The summed E-state index contributed by atoms with van der Waals surface area (Å²) >= 11 is 0. The summed E-state index contributed by atoms with van der Waals surface area (Å²) in [4.78, 5) is 11.2. The first-order chi connectivity index (χ1) is 9.10. The van der Waals surface area contributed by atoms with E-state index >= 15 is 0 Å². The summed E-state index contributed by atoms with van der Waals surface area (Å²) in [6.07, 6.45) is 0.914. The molecule has 1 N–H and O–H groups in total. The van der Waals surface area contributed by atoms with E-state index in [0.717, 1.165) is 17.5 Å². The van der Waals surface area contributed by atoms with Crippen LogP contribution in [-0.4, -0.2) is 11.1 Å². The van der Waals surface area contributed by atoms with Crippen LogP contribution in [0.1, 0.15) is 28.4 Å². The van der Waals surface area contributed by atoms with Crippen molar-refractivity contribution in [3.8, 4) is 11.5 Å².